The summed E-state index contributed by atoms with van der Waals surface area (Å²) in [5.41, 5.74) is -0.957. The standard InChI is InChI=1S/C12H13F3N6/c13-12(14,15)9-3-5-16-11(19-9)17-6-4-10-20-18-7-21(10)8-1-2-8/h3,5,7-8H,1-2,4,6H2,(H,16,17,19). The maximum Gasteiger partial charge on any atom is 0.433 e. The van der Waals surface area contributed by atoms with Crippen LogP contribution >= 0.6 is 0 Å². The highest BCUT2D eigenvalue weighted by Gasteiger charge is 2.32. The van der Waals surface area contributed by atoms with Crippen LogP contribution in [0.1, 0.15) is 30.4 Å². The second-order valence-electron chi connectivity index (χ2n) is 4.83. The fourth-order valence-corrected chi connectivity index (χ4v) is 1.99. The molecule has 2 aromatic heterocycles. The molecule has 3 rings (SSSR count). The summed E-state index contributed by atoms with van der Waals surface area (Å²) < 4.78 is 39.6. The SMILES string of the molecule is FC(F)(F)c1ccnc(NCCc2nncn2C2CC2)n1. The van der Waals surface area contributed by atoms with E-state index in [1.54, 1.807) is 6.33 Å². The summed E-state index contributed by atoms with van der Waals surface area (Å²) in [5.74, 6) is 0.777. The van der Waals surface area contributed by atoms with Crippen molar-refractivity contribution in [2.24, 2.45) is 0 Å². The molecule has 2 aromatic rings. The Kier molecular flexibility index (Phi) is 3.48. The molecule has 0 amide bonds. The Hall–Kier alpha value is -2.19. The number of hydrogen-bond donors (Lipinski definition) is 1. The summed E-state index contributed by atoms with van der Waals surface area (Å²) in [6.07, 6.45) is 1.10. The van der Waals surface area contributed by atoms with Crippen LogP contribution in [0.3, 0.4) is 0 Å². The third-order valence-electron chi connectivity index (χ3n) is 3.17. The van der Waals surface area contributed by atoms with Crippen molar-refractivity contribution in [1.82, 2.24) is 24.7 Å². The van der Waals surface area contributed by atoms with E-state index in [0.717, 1.165) is 30.9 Å². The molecule has 9 heteroatoms. The Morgan fingerprint density at radius 1 is 1.33 bits per heavy atom. The van der Waals surface area contributed by atoms with Gasteiger partial charge in [0.2, 0.25) is 5.95 Å². The molecule has 21 heavy (non-hydrogen) atoms. The second kappa shape index (κ2) is 5.30. The lowest BCUT2D eigenvalue weighted by molar-refractivity contribution is -0.141. The molecule has 0 atom stereocenters. The van der Waals surface area contributed by atoms with Crippen molar-refractivity contribution >= 4 is 5.95 Å². The molecular weight excluding hydrogens is 285 g/mol. The minimum atomic E-state index is -4.47. The zero-order chi connectivity index (χ0) is 14.9. The number of hydrogen-bond acceptors (Lipinski definition) is 5. The molecule has 0 unspecified atom stereocenters. The summed E-state index contributed by atoms with van der Waals surface area (Å²) >= 11 is 0. The van der Waals surface area contributed by atoms with Gasteiger partial charge in [-0.1, -0.05) is 0 Å². The zero-order valence-corrected chi connectivity index (χ0v) is 11.0. The highest BCUT2D eigenvalue weighted by atomic mass is 19.4. The second-order valence-corrected chi connectivity index (χ2v) is 4.83. The molecule has 1 saturated carbocycles. The molecule has 1 aliphatic rings. The summed E-state index contributed by atoms with van der Waals surface area (Å²) in [6.45, 7) is 0.396. The molecule has 0 aromatic carbocycles. The molecule has 0 spiro atoms. The van der Waals surface area contributed by atoms with Gasteiger partial charge >= 0.3 is 6.18 Å². The normalized spacial score (nSPS) is 15.2. The van der Waals surface area contributed by atoms with Gasteiger partial charge in [-0.2, -0.15) is 13.2 Å². The van der Waals surface area contributed by atoms with E-state index in [0.29, 0.717) is 19.0 Å². The Bertz CT molecular complexity index is 619. The molecule has 0 bridgehead atoms. The van der Waals surface area contributed by atoms with E-state index in [1.165, 1.54) is 0 Å². The third-order valence-corrected chi connectivity index (χ3v) is 3.17. The fourth-order valence-electron chi connectivity index (χ4n) is 1.99. The minimum Gasteiger partial charge on any atom is -0.354 e. The van der Waals surface area contributed by atoms with E-state index in [9.17, 15) is 13.2 Å². The van der Waals surface area contributed by atoms with E-state index in [1.807, 2.05) is 4.57 Å². The first kappa shape index (κ1) is 13.8. The van der Waals surface area contributed by atoms with Crippen molar-refractivity contribution in [3.8, 4) is 0 Å². The van der Waals surface area contributed by atoms with Crippen LogP contribution in [0.15, 0.2) is 18.6 Å². The highest BCUT2D eigenvalue weighted by molar-refractivity contribution is 5.26. The van der Waals surface area contributed by atoms with Crippen LogP contribution in [0.4, 0.5) is 19.1 Å². The number of aromatic nitrogens is 5. The monoisotopic (exact) mass is 298 g/mol. The number of anilines is 1. The average molecular weight is 298 g/mol. The van der Waals surface area contributed by atoms with Gasteiger partial charge in [0.1, 0.15) is 17.8 Å². The van der Waals surface area contributed by atoms with Gasteiger partial charge in [-0.05, 0) is 18.9 Å². The van der Waals surface area contributed by atoms with Crippen LogP contribution in [-0.4, -0.2) is 31.3 Å². The lowest BCUT2D eigenvalue weighted by Crippen LogP contribution is -2.14. The van der Waals surface area contributed by atoms with E-state index < -0.39 is 11.9 Å². The van der Waals surface area contributed by atoms with Crippen molar-refractivity contribution < 1.29 is 13.2 Å². The number of rotatable bonds is 5. The van der Waals surface area contributed by atoms with Crippen LogP contribution in [0, 0.1) is 0 Å². The molecule has 1 aliphatic carbocycles. The van der Waals surface area contributed by atoms with E-state index in [-0.39, 0.29) is 5.95 Å². The van der Waals surface area contributed by atoms with Crippen LogP contribution in [0.5, 0.6) is 0 Å². The molecule has 0 aliphatic heterocycles. The first-order chi connectivity index (χ1) is 10.0. The Labute approximate surface area is 118 Å². The summed E-state index contributed by atoms with van der Waals surface area (Å²) in [7, 11) is 0. The van der Waals surface area contributed by atoms with Crippen molar-refractivity contribution in [2.75, 3.05) is 11.9 Å². The molecular formula is C12H13F3N6. The molecule has 2 heterocycles. The van der Waals surface area contributed by atoms with Crippen LogP contribution in [0.25, 0.3) is 0 Å². The summed E-state index contributed by atoms with van der Waals surface area (Å²) in [6, 6.07) is 1.31. The molecule has 112 valence electrons. The Morgan fingerprint density at radius 3 is 2.86 bits per heavy atom. The highest BCUT2D eigenvalue weighted by Crippen LogP contribution is 2.35. The van der Waals surface area contributed by atoms with Crippen molar-refractivity contribution in [2.45, 2.75) is 31.5 Å². The van der Waals surface area contributed by atoms with Crippen molar-refractivity contribution in [3.63, 3.8) is 0 Å². The van der Waals surface area contributed by atoms with Gasteiger partial charge in [-0.15, -0.1) is 10.2 Å². The lowest BCUT2D eigenvalue weighted by Gasteiger charge is -2.09. The first-order valence-electron chi connectivity index (χ1n) is 6.56. The van der Waals surface area contributed by atoms with Gasteiger partial charge in [0.15, 0.2) is 0 Å². The van der Waals surface area contributed by atoms with E-state index in [2.05, 4.69) is 25.5 Å². The maximum atomic E-state index is 12.5. The number of halogens is 3. The quantitative estimate of drug-likeness (QED) is 0.915. The minimum absolute atomic E-state index is 0.0395. The first-order valence-corrected chi connectivity index (χ1v) is 6.56. The Balaban J connectivity index is 1.59. The van der Waals surface area contributed by atoms with E-state index >= 15 is 0 Å². The van der Waals surface area contributed by atoms with Crippen molar-refractivity contribution in [1.29, 1.82) is 0 Å². The number of alkyl halides is 3. The predicted octanol–water partition coefficient (Wildman–Crippen LogP) is 2.08. The lowest BCUT2D eigenvalue weighted by atomic mass is 10.4. The molecule has 6 nitrogen and oxygen atoms in total. The smallest absolute Gasteiger partial charge is 0.354 e. The van der Waals surface area contributed by atoms with Gasteiger partial charge < -0.3 is 9.88 Å². The Morgan fingerprint density at radius 2 is 2.14 bits per heavy atom. The molecule has 0 saturated heterocycles. The number of nitrogens with zero attached hydrogens (tertiary/aromatic N) is 5. The number of nitrogens with one attached hydrogen (secondary N) is 1. The fraction of sp³-hybridized carbons (Fsp3) is 0.500. The zero-order valence-electron chi connectivity index (χ0n) is 11.0. The van der Waals surface area contributed by atoms with Crippen LogP contribution in [0.2, 0.25) is 0 Å². The van der Waals surface area contributed by atoms with Crippen LogP contribution in [-0.2, 0) is 12.6 Å². The third kappa shape index (κ3) is 3.29. The van der Waals surface area contributed by atoms with Crippen LogP contribution < -0.4 is 5.32 Å². The van der Waals surface area contributed by atoms with Crippen molar-refractivity contribution in [3.05, 3.63) is 30.1 Å². The van der Waals surface area contributed by atoms with E-state index in [4.69, 9.17) is 0 Å². The predicted molar refractivity (Wildman–Crippen MR) is 67.5 cm³/mol. The van der Waals surface area contributed by atoms with Gasteiger partial charge in [0.25, 0.3) is 0 Å². The maximum absolute atomic E-state index is 12.5. The van der Waals surface area contributed by atoms with Gasteiger partial charge in [-0.3, -0.25) is 0 Å². The summed E-state index contributed by atoms with van der Waals surface area (Å²) in [4.78, 5) is 7.22. The van der Waals surface area contributed by atoms with Gasteiger partial charge in [0.05, 0.1) is 0 Å². The molecule has 1 N–H and O–H groups in total. The molecule has 0 radical (unpaired) electrons. The average Bonchev–Trinajstić information content (AvgIpc) is 3.18. The summed E-state index contributed by atoms with van der Waals surface area (Å²) in [5, 5.41) is 10.7. The van der Waals surface area contributed by atoms with Gasteiger partial charge in [-0.25, -0.2) is 9.97 Å². The van der Waals surface area contributed by atoms with Gasteiger partial charge in [0, 0.05) is 25.2 Å². The largest absolute Gasteiger partial charge is 0.433 e. The topological polar surface area (TPSA) is 68.5 Å². The molecule has 1 fully saturated rings.